The van der Waals surface area contributed by atoms with Crippen molar-refractivity contribution in [2.45, 2.75) is 89.3 Å². The molecule has 1 aliphatic heterocycles. The molecule has 1 aromatic carbocycles. The molecular formula is C28H39N7O. The molecule has 1 atom stereocenters. The largest absolute Gasteiger partial charge is 0.321 e. The van der Waals surface area contributed by atoms with Crippen LogP contribution in [0, 0.1) is 6.92 Å². The average Bonchev–Trinajstić information content (AvgIpc) is 3.41. The molecule has 192 valence electrons. The molecule has 0 spiro atoms. The van der Waals surface area contributed by atoms with Crippen LogP contribution in [0.2, 0.25) is 0 Å². The van der Waals surface area contributed by atoms with E-state index in [-0.39, 0.29) is 11.6 Å². The summed E-state index contributed by atoms with van der Waals surface area (Å²) in [4.78, 5) is 21.9. The van der Waals surface area contributed by atoms with Crippen molar-refractivity contribution in [3.05, 3.63) is 51.6 Å². The number of para-hydroxylation sites is 1. The van der Waals surface area contributed by atoms with Crippen LogP contribution in [0.4, 0.5) is 0 Å². The Hall–Kier alpha value is -2.58. The van der Waals surface area contributed by atoms with E-state index in [2.05, 4.69) is 53.2 Å². The predicted molar refractivity (Wildman–Crippen MR) is 141 cm³/mol. The molecule has 3 fully saturated rings. The lowest BCUT2D eigenvalue weighted by molar-refractivity contribution is 0.0610. The average molecular weight is 490 g/mol. The van der Waals surface area contributed by atoms with Crippen molar-refractivity contribution in [3.63, 3.8) is 0 Å². The highest BCUT2D eigenvalue weighted by molar-refractivity contribution is 5.82. The third kappa shape index (κ3) is 4.61. The molecule has 8 heteroatoms. The van der Waals surface area contributed by atoms with Gasteiger partial charge < -0.3 is 4.98 Å². The number of benzene rings is 1. The summed E-state index contributed by atoms with van der Waals surface area (Å²) in [5, 5.41) is 14.3. The monoisotopic (exact) mass is 489 g/mol. The van der Waals surface area contributed by atoms with Crippen LogP contribution in [-0.2, 0) is 0 Å². The van der Waals surface area contributed by atoms with E-state index >= 15 is 0 Å². The summed E-state index contributed by atoms with van der Waals surface area (Å²) in [7, 11) is 0. The molecule has 1 N–H and O–H groups in total. The van der Waals surface area contributed by atoms with E-state index < -0.39 is 0 Å². The van der Waals surface area contributed by atoms with Crippen LogP contribution in [0.25, 0.3) is 10.9 Å². The number of H-pyrrole nitrogens is 1. The van der Waals surface area contributed by atoms with Gasteiger partial charge in [-0.25, -0.2) is 4.68 Å². The minimum Gasteiger partial charge on any atom is -0.321 e. The summed E-state index contributed by atoms with van der Waals surface area (Å²) in [6.07, 6.45) is 12.7. The zero-order valence-corrected chi connectivity index (χ0v) is 21.5. The quantitative estimate of drug-likeness (QED) is 0.573. The molecule has 0 unspecified atom stereocenters. The van der Waals surface area contributed by atoms with Gasteiger partial charge in [-0.1, -0.05) is 56.7 Å². The van der Waals surface area contributed by atoms with E-state index in [1.807, 2.05) is 13.0 Å². The number of aromatic nitrogens is 5. The molecule has 1 saturated heterocycles. The molecule has 36 heavy (non-hydrogen) atoms. The second-order valence-corrected chi connectivity index (χ2v) is 11.1. The van der Waals surface area contributed by atoms with Gasteiger partial charge >= 0.3 is 0 Å². The minimum absolute atomic E-state index is 0.0327. The van der Waals surface area contributed by atoms with Crippen LogP contribution in [-0.4, -0.2) is 67.2 Å². The molecule has 2 aliphatic carbocycles. The number of aromatic amines is 1. The Kier molecular flexibility index (Phi) is 6.89. The maximum Gasteiger partial charge on any atom is 0.253 e. The second kappa shape index (κ2) is 10.4. The van der Waals surface area contributed by atoms with Crippen molar-refractivity contribution in [2.24, 2.45) is 0 Å². The number of nitrogens with zero attached hydrogens (tertiary/aromatic N) is 6. The fourth-order valence-electron chi connectivity index (χ4n) is 6.88. The van der Waals surface area contributed by atoms with Crippen molar-refractivity contribution in [1.82, 2.24) is 35.0 Å². The second-order valence-electron chi connectivity index (χ2n) is 11.1. The first-order valence-corrected chi connectivity index (χ1v) is 14.1. The van der Waals surface area contributed by atoms with Crippen molar-refractivity contribution in [3.8, 4) is 0 Å². The highest BCUT2D eigenvalue weighted by Gasteiger charge is 2.35. The molecule has 6 rings (SSSR count). The molecule has 3 aliphatic rings. The van der Waals surface area contributed by atoms with E-state index in [4.69, 9.17) is 0 Å². The van der Waals surface area contributed by atoms with Crippen LogP contribution in [0.15, 0.2) is 29.1 Å². The molecular weight excluding hydrogens is 450 g/mol. The maximum absolute atomic E-state index is 13.6. The Balaban J connectivity index is 1.37. The molecule has 3 heterocycles. The fraction of sp³-hybridized carbons (Fsp3) is 0.643. The van der Waals surface area contributed by atoms with Gasteiger partial charge in [-0.3, -0.25) is 14.6 Å². The zero-order chi connectivity index (χ0) is 24.5. The fourth-order valence-corrected chi connectivity index (χ4v) is 6.88. The van der Waals surface area contributed by atoms with Gasteiger partial charge in [0.05, 0.1) is 11.6 Å². The van der Waals surface area contributed by atoms with E-state index in [1.54, 1.807) is 0 Å². The summed E-state index contributed by atoms with van der Waals surface area (Å²) >= 11 is 0. The smallest absolute Gasteiger partial charge is 0.253 e. The Morgan fingerprint density at radius 3 is 2.33 bits per heavy atom. The predicted octanol–water partition coefficient (Wildman–Crippen LogP) is 4.37. The first-order chi connectivity index (χ1) is 17.7. The van der Waals surface area contributed by atoms with Gasteiger partial charge in [-0.05, 0) is 60.0 Å². The van der Waals surface area contributed by atoms with Gasteiger partial charge in [-0.2, -0.15) is 0 Å². The Labute approximate surface area is 213 Å². The number of nitrogens with one attached hydrogen (secondary N) is 1. The molecule has 0 bridgehead atoms. The number of pyridine rings is 1. The highest BCUT2D eigenvalue weighted by atomic mass is 16.1. The van der Waals surface area contributed by atoms with Gasteiger partial charge in [0.15, 0.2) is 5.82 Å². The summed E-state index contributed by atoms with van der Waals surface area (Å²) < 4.78 is 2.05. The normalized spacial score (nSPS) is 22.2. The number of tetrazole rings is 1. The molecule has 2 saturated carbocycles. The number of aryl methyl sites for hydroxylation is 1. The standard InChI is InChI=1S/C28H39N7O/c1-20-9-8-10-21-19-24(28(36)29-25(20)21)26(27-30-31-32-35(27)23-13-6-3-7-14-23)34-17-15-33(16-18-34)22-11-4-2-5-12-22/h8-10,19,22-23,26H,2-7,11-18H2,1H3,(H,29,36)/t26-/m1/s1. The lowest BCUT2D eigenvalue weighted by Crippen LogP contribution is -2.52. The van der Waals surface area contributed by atoms with Gasteiger partial charge in [0.25, 0.3) is 5.56 Å². The molecule has 8 nitrogen and oxygen atoms in total. The summed E-state index contributed by atoms with van der Waals surface area (Å²) in [5.74, 6) is 0.825. The molecule has 0 radical (unpaired) electrons. The van der Waals surface area contributed by atoms with E-state index in [1.165, 1.54) is 51.4 Å². The lowest BCUT2D eigenvalue weighted by Gasteiger charge is -2.43. The van der Waals surface area contributed by atoms with Crippen LogP contribution in [0.5, 0.6) is 0 Å². The van der Waals surface area contributed by atoms with E-state index in [0.29, 0.717) is 6.04 Å². The SMILES string of the molecule is Cc1cccc2cc([C@H](c3nnnn3C3CCCCC3)N3CCN(C4CCCCC4)CC3)c(=O)[nH]c12. The molecule has 3 aromatic rings. The van der Waals surface area contributed by atoms with Gasteiger partial charge in [0.2, 0.25) is 0 Å². The number of fused-ring (bicyclic) bond motifs is 1. The number of hydrogen-bond acceptors (Lipinski definition) is 6. The minimum atomic E-state index is -0.246. The third-order valence-corrected chi connectivity index (χ3v) is 8.90. The van der Waals surface area contributed by atoms with E-state index in [0.717, 1.165) is 72.9 Å². The Morgan fingerprint density at radius 1 is 0.917 bits per heavy atom. The maximum atomic E-state index is 13.6. The topological polar surface area (TPSA) is 82.9 Å². The van der Waals surface area contributed by atoms with Crippen molar-refractivity contribution < 1.29 is 0 Å². The first kappa shape index (κ1) is 23.8. The van der Waals surface area contributed by atoms with Crippen LogP contribution in [0.1, 0.15) is 93.2 Å². The summed E-state index contributed by atoms with van der Waals surface area (Å²) in [6, 6.07) is 9.07. The van der Waals surface area contributed by atoms with Gasteiger partial charge in [-0.15, -0.1) is 5.10 Å². The van der Waals surface area contributed by atoms with E-state index in [9.17, 15) is 4.79 Å². The van der Waals surface area contributed by atoms with Gasteiger partial charge in [0, 0.05) is 37.8 Å². The Bertz CT molecular complexity index is 1230. The number of rotatable bonds is 5. The number of piperazine rings is 1. The molecule has 0 amide bonds. The van der Waals surface area contributed by atoms with Crippen LogP contribution < -0.4 is 5.56 Å². The van der Waals surface area contributed by atoms with Gasteiger partial charge in [0.1, 0.15) is 6.04 Å². The zero-order valence-electron chi connectivity index (χ0n) is 21.5. The summed E-state index contributed by atoms with van der Waals surface area (Å²) in [5.41, 5.74) is 2.72. The van der Waals surface area contributed by atoms with Crippen LogP contribution in [0.3, 0.4) is 0 Å². The highest BCUT2D eigenvalue weighted by Crippen LogP contribution is 2.34. The first-order valence-electron chi connectivity index (χ1n) is 14.1. The number of hydrogen-bond donors (Lipinski definition) is 1. The Morgan fingerprint density at radius 2 is 1.61 bits per heavy atom. The van der Waals surface area contributed by atoms with Crippen LogP contribution >= 0.6 is 0 Å². The summed E-state index contributed by atoms with van der Waals surface area (Å²) in [6.45, 7) is 5.96. The van der Waals surface area contributed by atoms with Crippen molar-refractivity contribution in [1.29, 1.82) is 0 Å². The van der Waals surface area contributed by atoms with Crippen molar-refractivity contribution in [2.75, 3.05) is 26.2 Å². The third-order valence-electron chi connectivity index (χ3n) is 8.90. The molecule has 2 aromatic heterocycles. The lowest BCUT2D eigenvalue weighted by atomic mass is 9.93. The van der Waals surface area contributed by atoms with Crippen molar-refractivity contribution >= 4 is 10.9 Å².